The van der Waals surface area contributed by atoms with Gasteiger partial charge in [-0.3, -0.25) is 14.4 Å². The molecule has 1 atom stereocenters. The Balaban J connectivity index is 0.00000338. The van der Waals surface area contributed by atoms with Gasteiger partial charge in [0.25, 0.3) is 0 Å². The first-order chi connectivity index (χ1) is 11.9. The average molecular weight is 383 g/mol. The number of nitrogens with one attached hydrogen (secondary N) is 2. The Morgan fingerprint density at radius 1 is 1.27 bits per heavy atom. The number of carbonyl (C=O) groups excluding carboxylic acids is 3. The number of rotatable bonds is 7. The van der Waals surface area contributed by atoms with Gasteiger partial charge < -0.3 is 21.3 Å². The quantitative estimate of drug-likeness (QED) is 0.653. The molecule has 7 nitrogen and oxygen atoms in total. The van der Waals surface area contributed by atoms with Crippen LogP contribution in [0.2, 0.25) is 0 Å². The molecule has 8 heteroatoms. The van der Waals surface area contributed by atoms with Crippen LogP contribution in [0.5, 0.6) is 0 Å². The summed E-state index contributed by atoms with van der Waals surface area (Å²) in [5, 5.41) is 5.29. The van der Waals surface area contributed by atoms with Crippen molar-refractivity contribution in [3.8, 4) is 0 Å². The fraction of sp³-hybridized carbons (Fsp3) is 0.500. The summed E-state index contributed by atoms with van der Waals surface area (Å²) in [6, 6.07) is 6.92. The SMILES string of the molecule is CC(C)[C@H](N)C(=O)NCC(=O)NCc1cccc(N2CCCC2=O)c1.Cl. The van der Waals surface area contributed by atoms with E-state index in [0.717, 1.165) is 24.2 Å². The molecule has 1 heterocycles. The maximum atomic E-state index is 11.9. The fourth-order valence-electron chi connectivity index (χ4n) is 2.61. The van der Waals surface area contributed by atoms with Gasteiger partial charge >= 0.3 is 0 Å². The van der Waals surface area contributed by atoms with Gasteiger partial charge in [-0.1, -0.05) is 26.0 Å². The van der Waals surface area contributed by atoms with E-state index in [1.54, 1.807) is 4.90 Å². The Bertz CT molecular complexity index is 651. The predicted octanol–water partition coefficient (Wildman–Crippen LogP) is 0.951. The van der Waals surface area contributed by atoms with Gasteiger partial charge in [0.1, 0.15) is 0 Å². The molecule has 0 aliphatic carbocycles. The summed E-state index contributed by atoms with van der Waals surface area (Å²) in [7, 11) is 0. The van der Waals surface area contributed by atoms with Gasteiger partial charge in [-0.15, -0.1) is 12.4 Å². The number of amides is 3. The lowest BCUT2D eigenvalue weighted by Gasteiger charge is -2.17. The molecule has 1 aliphatic heterocycles. The molecule has 0 unspecified atom stereocenters. The Labute approximate surface area is 160 Å². The lowest BCUT2D eigenvalue weighted by Crippen LogP contribution is -2.47. The summed E-state index contributed by atoms with van der Waals surface area (Å²) in [6.45, 7) is 4.66. The highest BCUT2D eigenvalue weighted by Gasteiger charge is 2.21. The van der Waals surface area contributed by atoms with Crippen molar-refractivity contribution in [2.75, 3.05) is 18.0 Å². The van der Waals surface area contributed by atoms with E-state index in [9.17, 15) is 14.4 Å². The minimum absolute atomic E-state index is 0. The Hall–Kier alpha value is -2.12. The van der Waals surface area contributed by atoms with Crippen molar-refractivity contribution in [2.24, 2.45) is 11.7 Å². The van der Waals surface area contributed by atoms with E-state index in [4.69, 9.17) is 5.73 Å². The number of halogens is 1. The summed E-state index contributed by atoms with van der Waals surface area (Å²) in [6.07, 6.45) is 1.46. The molecule has 4 N–H and O–H groups in total. The maximum Gasteiger partial charge on any atom is 0.239 e. The maximum absolute atomic E-state index is 11.9. The molecule has 0 bridgehead atoms. The molecule has 0 aromatic heterocycles. The number of anilines is 1. The van der Waals surface area contributed by atoms with Crippen molar-refractivity contribution in [2.45, 2.75) is 39.3 Å². The van der Waals surface area contributed by atoms with Crippen LogP contribution in [0.15, 0.2) is 24.3 Å². The van der Waals surface area contributed by atoms with Crippen LogP contribution in [0.3, 0.4) is 0 Å². The number of hydrogen-bond acceptors (Lipinski definition) is 4. The molecule has 26 heavy (non-hydrogen) atoms. The molecule has 1 fully saturated rings. The molecule has 0 spiro atoms. The Morgan fingerprint density at radius 2 is 2.00 bits per heavy atom. The topological polar surface area (TPSA) is 105 Å². The highest BCUT2D eigenvalue weighted by atomic mass is 35.5. The number of hydrogen-bond donors (Lipinski definition) is 3. The smallest absolute Gasteiger partial charge is 0.239 e. The van der Waals surface area contributed by atoms with E-state index in [2.05, 4.69) is 10.6 Å². The van der Waals surface area contributed by atoms with Crippen LogP contribution in [0.25, 0.3) is 0 Å². The first-order valence-electron chi connectivity index (χ1n) is 8.57. The predicted molar refractivity (Wildman–Crippen MR) is 103 cm³/mol. The van der Waals surface area contributed by atoms with E-state index in [-0.39, 0.29) is 42.6 Å². The summed E-state index contributed by atoms with van der Waals surface area (Å²) in [4.78, 5) is 37.2. The second kappa shape index (κ2) is 10.1. The van der Waals surface area contributed by atoms with Gasteiger partial charge in [0, 0.05) is 25.2 Å². The van der Waals surface area contributed by atoms with Gasteiger partial charge in [-0.05, 0) is 30.0 Å². The third kappa shape index (κ3) is 6.00. The lowest BCUT2D eigenvalue weighted by atomic mass is 10.1. The molecule has 144 valence electrons. The number of benzene rings is 1. The molecule has 1 aromatic rings. The Kier molecular flexibility index (Phi) is 8.54. The largest absolute Gasteiger partial charge is 0.350 e. The van der Waals surface area contributed by atoms with Gasteiger partial charge in [-0.25, -0.2) is 0 Å². The zero-order chi connectivity index (χ0) is 18.4. The average Bonchev–Trinajstić information content (AvgIpc) is 3.03. The number of nitrogens with zero attached hydrogens (tertiary/aromatic N) is 1. The van der Waals surface area contributed by atoms with Crippen molar-refractivity contribution in [3.05, 3.63) is 29.8 Å². The van der Waals surface area contributed by atoms with E-state index in [0.29, 0.717) is 13.0 Å². The number of nitrogens with two attached hydrogens (primary N) is 1. The first kappa shape index (κ1) is 21.9. The normalized spacial score (nSPS) is 14.8. The highest BCUT2D eigenvalue weighted by molar-refractivity contribution is 5.95. The van der Waals surface area contributed by atoms with Crippen molar-refractivity contribution < 1.29 is 14.4 Å². The van der Waals surface area contributed by atoms with Crippen LogP contribution < -0.4 is 21.3 Å². The van der Waals surface area contributed by atoms with Crippen LogP contribution in [-0.2, 0) is 20.9 Å². The second-order valence-electron chi connectivity index (χ2n) is 6.58. The zero-order valence-corrected chi connectivity index (χ0v) is 16.0. The van der Waals surface area contributed by atoms with E-state index < -0.39 is 6.04 Å². The summed E-state index contributed by atoms with van der Waals surface area (Å²) >= 11 is 0. The molecule has 2 rings (SSSR count). The minimum Gasteiger partial charge on any atom is -0.350 e. The molecule has 0 radical (unpaired) electrons. The summed E-state index contributed by atoms with van der Waals surface area (Å²) in [5.74, 6) is -0.476. The van der Waals surface area contributed by atoms with Crippen LogP contribution in [-0.4, -0.2) is 36.9 Å². The van der Waals surface area contributed by atoms with Crippen molar-refractivity contribution in [3.63, 3.8) is 0 Å². The molecule has 1 aliphatic rings. The van der Waals surface area contributed by atoms with E-state index in [1.807, 2.05) is 38.1 Å². The standard InChI is InChI=1S/C18H26N4O3.ClH/c1-12(2)17(19)18(25)21-11-15(23)20-10-13-5-3-6-14(9-13)22-8-4-7-16(22)24;/h3,5-6,9,12,17H,4,7-8,10-11,19H2,1-2H3,(H,20,23)(H,21,25);1H/t17-;/m0./s1. The van der Waals surface area contributed by atoms with Gasteiger partial charge in [-0.2, -0.15) is 0 Å². The molecular formula is C18H27ClN4O3. The molecule has 1 aromatic carbocycles. The highest BCUT2D eigenvalue weighted by Crippen LogP contribution is 2.22. The van der Waals surface area contributed by atoms with Crippen LogP contribution in [0.1, 0.15) is 32.3 Å². The first-order valence-corrected chi connectivity index (χ1v) is 8.57. The van der Waals surface area contributed by atoms with E-state index >= 15 is 0 Å². The van der Waals surface area contributed by atoms with E-state index in [1.165, 1.54) is 0 Å². The minimum atomic E-state index is -0.623. The molecule has 3 amide bonds. The third-order valence-electron chi connectivity index (χ3n) is 4.23. The van der Waals surface area contributed by atoms with Crippen LogP contribution in [0.4, 0.5) is 5.69 Å². The summed E-state index contributed by atoms with van der Waals surface area (Å²) < 4.78 is 0. The zero-order valence-electron chi connectivity index (χ0n) is 15.2. The molecule has 1 saturated heterocycles. The Morgan fingerprint density at radius 3 is 2.62 bits per heavy atom. The van der Waals surface area contributed by atoms with Crippen molar-refractivity contribution in [1.82, 2.24) is 10.6 Å². The summed E-state index contributed by atoms with van der Waals surface area (Å²) in [5.41, 5.74) is 7.47. The van der Waals surface area contributed by atoms with Crippen LogP contribution >= 0.6 is 12.4 Å². The van der Waals surface area contributed by atoms with Gasteiger partial charge in [0.05, 0.1) is 12.6 Å². The fourth-order valence-corrected chi connectivity index (χ4v) is 2.61. The van der Waals surface area contributed by atoms with Crippen molar-refractivity contribution >= 4 is 35.8 Å². The van der Waals surface area contributed by atoms with Gasteiger partial charge in [0.2, 0.25) is 17.7 Å². The second-order valence-corrected chi connectivity index (χ2v) is 6.58. The monoisotopic (exact) mass is 382 g/mol. The molecular weight excluding hydrogens is 356 g/mol. The lowest BCUT2D eigenvalue weighted by molar-refractivity contribution is -0.127. The van der Waals surface area contributed by atoms with Gasteiger partial charge in [0.15, 0.2) is 0 Å². The van der Waals surface area contributed by atoms with Crippen LogP contribution in [0, 0.1) is 5.92 Å². The number of carbonyl (C=O) groups is 3. The molecule has 0 saturated carbocycles. The van der Waals surface area contributed by atoms with Crippen molar-refractivity contribution in [1.29, 1.82) is 0 Å². The third-order valence-corrected chi connectivity index (χ3v) is 4.23.